The van der Waals surface area contributed by atoms with Crippen LogP contribution in [0.2, 0.25) is 0 Å². The standard InChI is InChI=1S/C23H33NO8/c1-5-8-9-22(27)30-13-12-24-17(23(28)29-4)14-16-10-11-18(31-20(25)6-2)19(15-16)32-21(26)7-3/h10-11,15,17,24H,5-9,12-14H2,1-4H3/t17-/m0/s1. The van der Waals surface area contributed by atoms with Crippen molar-refractivity contribution in [3.8, 4) is 11.5 Å². The number of hydrogen-bond acceptors (Lipinski definition) is 9. The zero-order chi connectivity index (χ0) is 23.9. The normalized spacial score (nSPS) is 11.4. The van der Waals surface area contributed by atoms with Crippen molar-refractivity contribution < 1.29 is 38.1 Å². The van der Waals surface area contributed by atoms with Gasteiger partial charge in [0, 0.05) is 25.8 Å². The van der Waals surface area contributed by atoms with Crippen LogP contribution >= 0.6 is 0 Å². The number of ether oxygens (including phenoxy) is 4. The summed E-state index contributed by atoms with van der Waals surface area (Å²) in [6.45, 7) is 5.69. The van der Waals surface area contributed by atoms with Gasteiger partial charge in [0.2, 0.25) is 0 Å². The fraction of sp³-hybridized carbons (Fsp3) is 0.565. The highest BCUT2D eigenvalue weighted by molar-refractivity contribution is 5.77. The van der Waals surface area contributed by atoms with Crippen LogP contribution in [0, 0.1) is 0 Å². The Bertz CT molecular complexity index is 777. The Morgan fingerprint density at radius 3 is 2.19 bits per heavy atom. The first kappa shape index (κ1) is 27.1. The summed E-state index contributed by atoms with van der Waals surface area (Å²) in [5, 5.41) is 3.01. The number of carbonyl (C=O) groups excluding carboxylic acids is 4. The average molecular weight is 452 g/mol. The number of carbonyl (C=O) groups is 4. The van der Waals surface area contributed by atoms with Gasteiger partial charge >= 0.3 is 23.9 Å². The lowest BCUT2D eigenvalue weighted by Crippen LogP contribution is -2.41. The average Bonchev–Trinajstić information content (AvgIpc) is 2.80. The van der Waals surface area contributed by atoms with E-state index in [9.17, 15) is 19.2 Å². The molecule has 0 amide bonds. The number of methoxy groups -OCH3 is 1. The molecule has 32 heavy (non-hydrogen) atoms. The van der Waals surface area contributed by atoms with Crippen LogP contribution in [0.15, 0.2) is 18.2 Å². The van der Waals surface area contributed by atoms with Gasteiger partial charge in [0.05, 0.1) is 7.11 Å². The van der Waals surface area contributed by atoms with Gasteiger partial charge < -0.3 is 24.3 Å². The summed E-state index contributed by atoms with van der Waals surface area (Å²) in [7, 11) is 1.28. The molecule has 1 atom stereocenters. The third-order valence-corrected chi connectivity index (χ3v) is 4.45. The maximum atomic E-state index is 12.2. The van der Waals surface area contributed by atoms with Gasteiger partial charge in [0.1, 0.15) is 12.6 Å². The molecular formula is C23H33NO8. The van der Waals surface area contributed by atoms with Crippen LogP contribution in [0.25, 0.3) is 0 Å². The lowest BCUT2D eigenvalue weighted by Gasteiger charge is -2.18. The van der Waals surface area contributed by atoms with E-state index in [0.717, 1.165) is 12.8 Å². The van der Waals surface area contributed by atoms with Crippen molar-refractivity contribution in [3.05, 3.63) is 23.8 Å². The Morgan fingerprint density at radius 1 is 0.938 bits per heavy atom. The molecule has 1 aromatic rings. The van der Waals surface area contributed by atoms with Gasteiger partial charge in [0.15, 0.2) is 11.5 Å². The Morgan fingerprint density at radius 2 is 1.59 bits per heavy atom. The Labute approximate surface area is 188 Å². The summed E-state index contributed by atoms with van der Waals surface area (Å²) < 4.78 is 20.5. The zero-order valence-electron chi connectivity index (χ0n) is 19.2. The quantitative estimate of drug-likeness (QED) is 0.259. The number of esters is 4. The van der Waals surface area contributed by atoms with Crippen LogP contribution in [-0.2, 0) is 35.1 Å². The Balaban J connectivity index is 2.86. The molecule has 9 nitrogen and oxygen atoms in total. The van der Waals surface area contributed by atoms with E-state index in [4.69, 9.17) is 18.9 Å². The molecular weight excluding hydrogens is 418 g/mol. The molecule has 0 spiro atoms. The molecule has 1 aromatic carbocycles. The molecule has 1 rings (SSSR count). The third kappa shape index (κ3) is 9.91. The van der Waals surface area contributed by atoms with E-state index in [0.29, 0.717) is 12.0 Å². The molecule has 0 unspecified atom stereocenters. The number of hydrogen-bond donors (Lipinski definition) is 1. The second kappa shape index (κ2) is 15.0. The van der Waals surface area contributed by atoms with E-state index in [2.05, 4.69) is 5.32 Å². The van der Waals surface area contributed by atoms with Crippen molar-refractivity contribution in [2.75, 3.05) is 20.3 Å². The fourth-order valence-corrected chi connectivity index (χ4v) is 2.64. The van der Waals surface area contributed by atoms with Crippen LogP contribution < -0.4 is 14.8 Å². The molecule has 0 saturated carbocycles. The summed E-state index contributed by atoms with van der Waals surface area (Å²) in [5.74, 6) is -1.48. The molecule has 178 valence electrons. The lowest BCUT2D eigenvalue weighted by molar-refractivity contribution is -0.144. The van der Waals surface area contributed by atoms with Crippen molar-refractivity contribution >= 4 is 23.9 Å². The minimum absolute atomic E-state index is 0.101. The molecule has 0 radical (unpaired) electrons. The summed E-state index contributed by atoms with van der Waals surface area (Å²) in [6.07, 6.45) is 2.57. The summed E-state index contributed by atoms with van der Waals surface area (Å²) in [4.78, 5) is 47.2. The summed E-state index contributed by atoms with van der Waals surface area (Å²) >= 11 is 0. The molecule has 0 saturated heterocycles. The van der Waals surface area contributed by atoms with Gasteiger partial charge in [-0.05, 0) is 30.5 Å². The predicted molar refractivity (Wildman–Crippen MR) is 116 cm³/mol. The fourth-order valence-electron chi connectivity index (χ4n) is 2.64. The second-order valence-corrected chi connectivity index (χ2v) is 6.99. The molecule has 0 aliphatic carbocycles. The first-order chi connectivity index (χ1) is 15.3. The summed E-state index contributed by atoms with van der Waals surface area (Å²) in [6, 6.07) is 4.02. The van der Waals surface area contributed by atoms with E-state index >= 15 is 0 Å². The molecule has 0 aliphatic rings. The van der Waals surface area contributed by atoms with Gasteiger partial charge in [-0.2, -0.15) is 0 Å². The molecule has 9 heteroatoms. The van der Waals surface area contributed by atoms with Crippen molar-refractivity contribution in [3.63, 3.8) is 0 Å². The van der Waals surface area contributed by atoms with Gasteiger partial charge in [-0.25, -0.2) is 0 Å². The molecule has 0 aromatic heterocycles. The maximum Gasteiger partial charge on any atom is 0.323 e. The Kier molecular flexibility index (Phi) is 12.7. The molecule has 0 bridgehead atoms. The topological polar surface area (TPSA) is 117 Å². The molecule has 0 aliphatic heterocycles. The van der Waals surface area contributed by atoms with Crippen LogP contribution in [0.3, 0.4) is 0 Å². The van der Waals surface area contributed by atoms with Crippen LogP contribution in [0.4, 0.5) is 0 Å². The first-order valence-electron chi connectivity index (χ1n) is 10.9. The molecule has 0 fully saturated rings. The number of nitrogens with one attached hydrogen (secondary N) is 1. The van der Waals surface area contributed by atoms with Crippen molar-refractivity contribution in [1.82, 2.24) is 5.32 Å². The van der Waals surface area contributed by atoms with E-state index in [1.54, 1.807) is 26.0 Å². The monoisotopic (exact) mass is 451 g/mol. The van der Waals surface area contributed by atoms with E-state index < -0.39 is 23.9 Å². The number of benzene rings is 1. The van der Waals surface area contributed by atoms with Crippen LogP contribution in [-0.4, -0.2) is 50.2 Å². The minimum Gasteiger partial charge on any atom is -0.468 e. The minimum atomic E-state index is -0.715. The van der Waals surface area contributed by atoms with Gasteiger partial charge in [-0.15, -0.1) is 0 Å². The number of unbranched alkanes of at least 4 members (excludes halogenated alkanes) is 1. The largest absolute Gasteiger partial charge is 0.468 e. The molecule has 1 N–H and O–H groups in total. The van der Waals surface area contributed by atoms with Crippen LogP contribution in [0.5, 0.6) is 11.5 Å². The Hall–Kier alpha value is -2.94. The summed E-state index contributed by atoms with van der Waals surface area (Å²) in [5.41, 5.74) is 0.656. The van der Waals surface area contributed by atoms with Crippen molar-refractivity contribution in [1.29, 1.82) is 0 Å². The highest BCUT2D eigenvalue weighted by atomic mass is 16.6. The first-order valence-corrected chi connectivity index (χ1v) is 10.9. The SMILES string of the molecule is CCCCC(=O)OCCN[C@@H](Cc1ccc(OC(=O)CC)c(OC(=O)CC)c1)C(=O)OC. The maximum absolute atomic E-state index is 12.2. The van der Waals surface area contributed by atoms with Crippen molar-refractivity contribution in [2.45, 2.75) is 65.3 Å². The van der Waals surface area contributed by atoms with Crippen LogP contribution in [0.1, 0.15) is 58.4 Å². The smallest absolute Gasteiger partial charge is 0.323 e. The van der Waals surface area contributed by atoms with E-state index in [-0.39, 0.29) is 49.9 Å². The van der Waals surface area contributed by atoms with Gasteiger partial charge in [-0.1, -0.05) is 33.3 Å². The predicted octanol–water partition coefficient (Wildman–Crippen LogP) is 2.72. The van der Waals surface area contributed by atoms with Crippen molar-refractivity contribution in [2.24, 2.45) is 0 Å². The van der Waals surface area contributed by atoms with E-state index in [1.807, 2.05) is 6.92 Å². The number of rotatable bonds is 14. The van der Waals surface area contributed by atoms with Gasteiger partial charge in [-0.3, -0.25) is 19.2 Å². The van der Waals surface area contributed by atoms with E-state index in [1.165, 1.54) is 13.2 Å². The zero-order valence-corrected chi connectivity index (χ0v) is 19.2. The third-order valence-electron chi connectivity index (χ3n) is 4.45. The highest BCUT2D eigenvalue weighted by Crippen LogP contribution is 2.30. The van der Waals surface area contributed by atoms with Gasteiger partial charge in [0.25, 0.3) is 0 Å². The highest BCUT2D eigenvalue weighted by Gasteiger charge is 2.21. The lowest BCUT2D eigenvalue weighted by atomic mass is 10.1. The molecule has 0 heterocycles. The second-order valence-electron chi connectivity index (χ2n) is 6.99.